The molecule has 0 fully saturated rings. The van der Waals surface area contributed by atoms with E-state index < -0.39 is 0 Å². The molecule has 0 spiro atoms. The number of pyridine rings is 1. The number of likely N-dealkylation sites (N-methyl/N-ethyl adjacent to an activating group) is 1. The minimum Gasteiger partial charge on any atom is -0.364 e. The summed E-state index contributed by atoms with van der Waals surface area (Å²) >= 11 is 0. The lowest BCUT2D eigenvalue weighted by molar-refractivity contribution is 0.0756. The first-order valence-electron chi connectivity index (χ1n) is 5.90. The summed E-state index contributed by atoms with van der Waals surface area (Å²) in [5, 5.41) is 3.66. The summed E-state index contributed by atoms with van der Waals surface area (Å²) in [5.74, 6) is -0.0969. The van der Waals surface area contributed by atoms with Gasteiger partial charge >= 0.3 is 0 Å². The first-order chi connectivity index (χ1) is 8.81. The average molecular weight is 245 g/mol. The van der Waals surface area contributed by atoms with E-state index >= 15 is 0 Å². The third-order valence-corrected chi connectivity index (χ3v) is 2.75. The van der Waals surface area contributed by atoms with Crippen LogP contribution in [0.1, 0.15) is 23.0 Å². The van der Waals surface area contributed by atoms with Gasteiger partial charge in [0.1, 0.15) is 6.26 Å². The Balaban J connectivity index is 1.96. The Morgan fingerprint density at radius 3 is 2.72 bits per heavy atom. The van der Waals surface area contributed by atoms with E-state index in [1.807, 2.05) is 19.1 Å². The Morgan fingerprint density at radius 2 is 2.11 bits per heavy atom. The van der Waals surface area contributed by atoms with Gasteiger partial charge in [-0.2, -0.15) is 0 Å². The molecule has 0 unspecified atom stereocenters. The minimum absolute atomic E-state index is 0.0969. The molecule has 0 aromatic carbocycles. The van der Waals surface area contributed by atoms with Crippen molar-refractivity contribution in [3.63, 3.8) is 0 Å². The molecular formula is C13H15N3O2. The van der Waals surface area contributed by atoms with Crippen LogP contribution in [-0.4, -0.2) is 34.0 Å². The van der Waals surface area contributed by atoms with Crippen molar-refractivity contribution in [2.24, 2.45) is 0 Å². The highest BCUT2D eigenvalue weighted by Crippen LogP contribution is 2.05. The largest absolute Gasteiger partial charge is 0.364 e. The van der Waals surface area contributed by atoms with Gasteiger partial charge in [-0.3, -0.25) is 9.78 Å². The summed E-state index contributed by atoms with van der Waals surface area (Å²) in [6.45, 7) is 3.26. The SMILES string of the molecule is CCN(CCc1ccncc1)C(=O)c1ccon1. The number of aromatic nitrogens is 2. The van der Waals surface area contributed by atoms with Crippen molar-refractivity contribution < 1.29 is 9.32 Å². The summed E-state index contributed by atoms with van der Waals surface area (Å²) in [6, 6.07) is 5.49. The first-order valence-corrected chi connectivity index (χ1v) is 5.90. The Kier molecular flexibility index (Phi) is 4.06. The molecule has 0 saturated heterocycles. The molecule has 5 heteroatoms. The molecule has 0 aliphatic rings. The zero-order valence-corrected chi connectivity index (χ0v) is 10.2. The van der Waals surface area contributed by atoms with Crippen LogP contribution in [0.25, 0.3) is 0 Å². The van der Waals surface area contributed by atoms with E-state index in [4.69, 9.17) is 0 Å². The van der Waals surface area contributed by atoms with Crippen LogP contribution < -0.4 is 0 Å². The fourth-order valence-corrected chi connectivity index (χ4v) is 1.70. The van der Waals surface area contributed by atoms with Gasteiger partial charge < -0.3 is 9.42 Å². The predicted octanol–water partition coefficient (Wildman–Crippen LogP) is 1.77. The molecule has 2 rings (SSSR count). The smallest absolute Gasteiger partial charge is 0.276 e. The highest BCUT2D eigenvalue weighted by Gasteiger charge is 2.16. The van der Waals surface area contributed by atoms with Crippen LogP contribution in [0.4, 0.5) is 0 Å². The molecule has 18 heavy (non-hydrogen) atoms. The highest BCUT2D eigenvalue weighted by atomic mass is 16.5. The molecule has 2 heterocycles. The van der Waals surface area contributed by atoms with Crippen molar-refractivity contribution in [3.05, 3.63) is 48.1 Å². The fraction of sp³-hybridized carbons (Fsp3) is 0.308. The fourth-order valence-electron chi connectivity index (χ4n) is 1.70. The maximum absolute atomic E-state index is 12.0. The lowest BCUT2D eigenvalue weighted by Crippen LogP contribution is -2.32. The van der Waals surface area contributed by atoms with Crippen molar-refractivity contribution >= 4 is 5.91 Å². The Bertz CT molecular complexity index is 482. The maximum atomic E-state index is 12.0. The normalized spacial score (nSPS) is 10.3. The number of amides is 1. The number of hydrogen-bond donors (Lipinski definition) is 0. The monoisotopic (exact) mass is 245 g/mol. The molecule has 1 amide bonds. The van der Waals surface area contributed by atoms with Crippen LogP contribution in [0.3, 0.4) is 0 Å². The third kappa shape index (κ3) is 2.94. The van der Waals surface area contributed by atoms with E-state index in [1.165, 1.54) is 6.26 Å². The van der Waals surface area contributed by atoms with Crippen molar-refractivity contribution in [3.8, 4) is 0 Å². The zero-order valence-electron chi connectivity index (χ0n) is 10.2. The van der Waals surface area contributed by atoms with E-state index in [2.05, 4.69) is 14.7 Å². The number of rotatable bonds is 5. The second-order valence-corrected chi connectivity index (χ2v) is 3.87. The second-order valence-electron chi connectivity index (χ2n) is 3.87. The molecule has 0 aliphatic carbocycles. The van der Waals surface area contributed by atoms with Gasteiger partial charge in [0, 0.05) is 31.5 Å². The molecule has 94 valence electrons. The summed E-state index contributed by atoms with van der Waals surface area (Å²) in [5.41, 5.74) is 1.52. The van der Waals surface area contributed by atoms with E-state index in [1.54, 1.807) is 23.4 Å². The minimum atomic E-state index is -0.0969. The third-order valence-electron chi connectivity index (χ3n) is 2.75. The van der Waals surface area contributed by atoms with Crippen LogP contribution in [0, 0.1) is 0 Å². The zero-order chi connectivity index (χ0) is 12.8. The predicted molar refractivity (Wildman–Crippen MR) is 66.0 cm³/mol. The van der Waals surface area contributed by atoms with Crippen molar-refractivity contribution in [1.82, 2.24) is 15.0 Å². The van der Waals surface area contributed by atoms with Crippen LogP contribution in [-0.2, 0) is 6.42 Å². The lowest BCUT2D eigenvalue weighted by atomic mass is 10.2. The summed E-state index contributed by atoms with van der Waals surface area (Å²) in [6.07, 6.45) is 5.72. The summed E-state index contributed by atoms with van der Waals surface area (Å²) in [4.78, 5) is 17.8. The molecule has 2 aromatic rings. The van der Waals surface area contributed by atoms with Gasteiger partial charge in [-0.1, -0.05) is 5.16 Å². The molecule has 0 radical (unpaired) electrons. The van der Waals surface area contributed by atoms with E-state index in [0.717, 1.165) is 12.0 Å². The Morgan fingerprint density at radius 1 is 1.33 bits per heavy atom. The molecule has 5 nitrogen and oxygen atoms in total. The Hall–Kier alpha value is -2.17. The summed E-state index contributed by atoms with van der Waals surface area (Å²) < 4.78 is 4.69. The van der Waals surface area contributed by atoms with Gasteiger partial charge in [0.05, 0.1) is 0 Å². The summed E-state index contributed by atoms with van der Waals surface area (Å²) in [7, 11) is 0. The molecular weight excluding hydrogens is 230 g/mol. The number of hydrogen-bond acceptors (Lipinski definition) is 4. The molecule has 0 atom stereocenters. The van der Waals surface area contributed by atoms with E-state index in [0.29, 0.717) is 18.8 Å². The van der Waals surface area contributed by atoms with Gasteiger partial charge in [0.15, 0.2) is 5.69 Å². The first kappa shape index (κ1) is 12.3. The molecule has 0 bridgehead atoms. The standard InChI is InChI=1S/C13H15N3O2/c1-2-16(13(17)12-6-10-18-15-12)9-5-11-3-7-14-8-4-11/h3-4,6-8,10H,2,5,9H2,1H3. The topological polar surface area (TPSA) is 59.2 Å². The van der Waals surface area contributed by atoms with Gasteiger partial charge in [0.2, 0.25) is 0 Å². The van der Waals surface area contributed by atoms with E-state index in [9.17, 15) is 4.79 Å². The van der Waals surface area contributed by atoms with Crippen LogP contribution in [0.5, 0.6) is 0 Å². The highest BCUT2D eigenvalue weighted by molar-refractivity contribution is 5.92. The Labute approximate surface area is 105 Å². The molecule has 0 N–H and O–H groups in total. The van der Waals surface area contributed by atoms with Crippen molar-refractivity contribution in [2.75, 3.05) is 13.1 Å². The van der Waals surface area contributed by atoms with Gasteiger partial charge in [-0.05, 0) is 31.0 Å². The van der Waals surface area contributed by atoms with Gasteiger partial charge in [-0.15, -0.1) is 0 Å². The molecule has 0 saturated carbocycles. The average Bonchev–Trinajstić information content (AvgIpc) is 2.94. The van der Waals surface area contributed by atoms with Crippen molar-refractivity contribution in [2.45, 2.75) is 13.3 Å². The van der Waals surface area contributed by atoms with Crippen molar-refractivity contribution in [1.29, 1.82) is 0 Å². The quantitative estimate of drug-likeness (QED) is 0.805. The molecule has 0 aliphatic heterocycles. The van der Waals surface area contributed by atoms with E-state index in [-0.39, 0.29) is 5.91 Å². The maximum Gasteiger partial charge on any atom is 0.276 e. The lowest BCUT2D eigenvalue weighted by Gasteiger charge is -2.19. The molecule has 2 aromatic heterocycles. The number of nitrogens with zero attached hydrogens (tertiary/aromatic N) is 3. The number of carbonyl (C=O) groups is 1. The van der Waals surface area contributed by atoms with Gasteiger partial charge in [-0.25, -0.2) is 0 Å². The second kappa shape index (κ2) is 5.95. The van der Waals surface area contributed by atoms with Crippen LogP contribution in [0.15, 0.2) is 41.4 Å². The van der Waals surface area contributed by atoms with Crippen LogP contribution in [0.2, 0.25) is 0 Å². The number of carbonyl (C=O) groups excluding carboxylic acids is 1. The van der Waals surface area contributed by atoms with Crippen LogP contribution >= 0.6 is 0 Å². The van der Waals surface area contributed by atoms with Gasteiger partial charge in [0.25, 0.3) is 5.91 Å².